The van der Waals surface area contributed by atoms with Crippen molar-refractivity contribution >= 4 is 27.8 Å². The first-order valence-electron chi connectivity index (χ1n) is 6.88. The number of rotatable bonds is 4. The third-order valence-electron chi connectivity index (χ3n) is 4.37. The zero-order valence-electron chi connectivity index (χ0n) is 11.4. The van der Waals surface area contributed by atoms with Crippen molar-refractivity contribution in [2.45, 2.75) is 30.2 Å². The maximum atomic E-state index is 12.6. The lowest BCUT2D eigenvalue weighted by molar-refractivity contribution is -0.148. The predicted molar refractivity (Wildman–Crippen MR) is 79.0 cm³/mol. The number of hydrogen-bond acceptors (Lipinski definition) is 3. The molecule has 1 aromatic carbocycles. The zero-order chi connectivity index (χ0) is 15.1. The van der Waals surface area contributed by atoms with Gasteiger partial charge < -0.3 is 15.2 Å². The average Bonchev–Trinajstić information content (AvgIpc) is 3.13. The number of benzene rings is 1. The van der Waals surface area contributed by atoms with Crippen LogP contribution in [0.25, 0.3) is 0 Å². The smallest absolute Gasteiger partial charge is 0.331 e. The molecule has 1 aliphatic heterocycles. The monoisotopic (exact) mass is 353 g/mol. The first-order valence-corrected chi connectivity index (χ1v) is 7.68. The molecule has 0 aromatic heterocycles. The maximum Gasteiger partial charge on any atom is 0.331 e. The maximum absolute atomic E-state index is 12.6. The van der Waals surface area contributed by atoms with Crippen LogP contribution in [0.5, 0.6) is 0 Å². The molecule has 2 N–H and O–H groups in total. The molecule has 1 aromatic rings. The van der Waals surface area contributed by atoms with Crippen LogP contribution in [-0.4, -0.2) is 35.7 Å². The number of carboxylic acid groups (broad SMARTS) is 1. The van der Waals surface area contributed by atoms with Gasteiger partial charge in [-0.1, -0.05) is 28.1 Å². The molecule has 1 aliphatic carbocycles. The SMILES string of the molecule is O=C(O)C1(NC(=O)C2(c3ccc(Br)cc3)CC2)CCOC1. The van der Waals surface area contributed by atoms with Crippen molar-refractivity contribution < 1.29 is 19.4 Å². The summed E-state index contributed by atoms with van der Waals surface area (Å²) in [6.07, 6.45) is 1.80. The van der Waals surface area contributed by atoms with Crippen LogP contribution < -0.4 is 5.32 Å². The Morgan fingerprint density at radius 1 is 1.19 bits per heavy atom. The Bertz CT molecular complexity index is 574. The molecule has 1 atom stereocenters. The molecule has 1 heterocycles. The Labute approximate surface area is 130 Å². The summed E-state index contributed by atoms with van der Waals surface area (Å²) < 4.78 is 6.13. The number of halogens is 1. The minimum Gasteiger partial charge on any atom is -0.479 e. The van der Waals surface area contributed by atoms with Crippen LogP contribution in [0.2, 0.25) is 0 Å². The van der Waals surface area contributed by atoms with Crippen molar-refractivity contribution in [2.75, 3.05) is 13.2 Å². The van der Waals surface area contributed by atoms with Crippen molar-refractivity contribution in [1.82, 2.24) is 5.32 Å². The molecule has 6 heteroatoms. The molecule has 3 rings (SSSR count). The number of nitrogens with one attached hydrogen (secondary N) is 1. The summed E-state index contributed by atoms with van der Waals surface area (Å²) in [5.74, 6) is -1.24. The summed E-state index contributed by atoms with van der Waals surface area (Å²) in [7, 11) is 0. The van der Waals surface area contributed by atoms with E-state index in [2.05, 4.69) is 21.2 Å². The van der Waals surface area contributed by atoms with Crippen LogP contribution >= 0.6 is 15.9 Å². The quantitative estimate of drug-likeness (QED) is 0.865. The summed E-state index contributed by atoms with van der Waals surface area (Å²) in [5, 5.41) is 12.1. The summed E-state index contributed by atoms with van der Waals surface area (Å²) in [4.78, 5) is 24.1. The summed E-state index contributed by atoms with van der Waals surface area (Å²) >= 11 is 3.37. The van der Waals surface area contributed by atoms with Crippen molar-refractivity contribution in [2.24, 2.45) is 0 Å². The van der Waals surface area contributed by atoms with Gasteiger partial charge in [-0.25, -0.2) is 4.79 Å². The van der Waals surface area contributed by atoms with Crippen molar-refractivity contribution in [3.8, 4) is 0 Å². The highest BCUT2D eigenvalue weighted by molar-refractivity contribution is 9.10. The Kier molecular flexibility index (Phi) is 3.53. The van der Waals surface area contributed by atoms with Crippen LogP contribution in [0.15, 0.2) is 28.7 Å². The Balaban J connectivity index is 1.82. The highest BCUT2D eigenvalue weighted by Gasteiger charge is 2.55. The van der Waals surface area contributed by atoms with Crippen LogP contribution in [-0.2, 0) is 19.7 Å². The highest BCUT2D eigenvalue weighted by atomic mass is 79.9. The molecule has 0 bridgehead atoms. The fraction of sp³-hybridized carbons (Fsp3) is 0.467. The van der Waals surface area contributed by atoms with Gasteiger partial charge in [-0.3, -0.25) is 4.79 Å². The van der Waals surface area contributed by atoms with Gasteiger partial charge in [0.25, 0.3) is 0 Å². The van der Waals surface area contributed by atoms with Gasteiger partial charge >= 0.3 is 5.97 Å². The molecule has 1 unspecified atom stereocenters. The van der Waals surface area contributed by atoms with E-state index in [1.165, 1.54) is 0 Å². The summed E-state index contributed by atoms with van der Waals surface area (Å²) in [6, 6.07) is 7.62. The summed E-state index contributed by atoms with van der Waals surface area (Å²) in [5.41, 5.74) is -0.920. The third-order valence-corrected chi connectivity index (χ3v) is 4.89. The molecule has 2 aliphatic rings. The van der Waals surface area contributed by atoms with Crippen molar-refractivity contribution in [1.29, 1.82) is 0 Å². The Morgan fingerprint density at radius 2 is 1.86 bits per heavy atom. The fourth-order valence-electron chi connectivity index (χ4n) is 2.76. The molecule has 2 fully saturated rings. The van der Waals surface area contributed by atoms with E-state index in [9.17, 15) is 14.7 Å². The van der Waals surface area contributed by atoms with E-state index in [0.29, 0.717) is 13.0 Å². The highest BCUT2D eigenvalue weighted by Crippen LogP contribution is 2.49. The van der Waals surface area contributed by atoms with E-state index in [1.807, 2.05) is 24.3 Å². The van der Waals surface area contributed by atoms with E-state index < -0.39 is 16.9 Å². The largest absolute Gasteiger partial charge is 0.479 e. The standard InChI is InChI=1S/C15H16BrNO4/c16-11-3-1-10(2-4-11)14(5-6-14)12(18)17-15(13(19)20)7-8-21-9-15/h1-4H,5-9H2,(H,17,18)(H,19,20). The molecular formula is C15H16BrNO4. The van der Waals surface area contributed by atoms with E-state index in [4.69, 9.17) is 4.74 Å². The molecule has 112 valence electrons. The van der Waals surface area contributed by atoms with E-state index in [1.54, 1.807) is 0 Å². The molecular weight excluding hydrogens is 338 g/mol. The lowest BCUT2D eigenvalue weighted by Gasteiger charge is -2.27. The normalized spacial score (nSPS) is 26.3. The van der Waals surface area contributed by atoms with Gasteiger partial charge in [0.2, 0.25) is 5.91 Å². The number of ether oxygens (including phenoxy) is 1. The lowest BCUT2D eigenvalue weighted by atomic mass is 9.92. The van der Waals surface area contributed by atoms with Crippen molar-refractivity contribution in [3.05, 3.63) is 34.3 Å². The molecule has 1 amide bonds. The average molecular weight is 354 g/mol. The van der Waals surface area contributed by atoms with Gasteiger partial charge in [-0.15, -0.1) is 0 Å². The molecule has 5 nitrogen and oxygen atoms in total. The second-order valence-corrected chi connectivity index (χ2v) is 6.65. The third kappa shape index (κ3) is 2.46. The fourth-order valence-corrected chi connectivity index (χ4v) is 3.03. The zero-order valence-corrected chi connectivity index (χ0v) is 13.0. The van der Waals surface area contributed by atoms with Crippen LogP contribution in [0.1, 0.15) is 24.8 Å². The Morgan fingerprint density at radius 3 is 2.33 bits per heavy atom. The van der Waals surface area contributed by atoms with Gasteiger partial charge in [-0.05, 0) is 30.5 Å². The van der Waals surface area contributed by atoms with Crippen LogP contribution in [0, 0.1) is 0 Å². The van der Waals surface area contributed by atoms with E-state index in [-0.39, 0.29) is 12.5 Å². The predicted octanol–water partition coefficient (Wildman–Crippen LogP) is 1.84. The number of carbonyl (C=O) groups is 2. The van der Waals surface area contributed by atoms with Crippen LogP contribution in [0.3, 0.4) is 0 Å². The molecule has 0 radical (unpaired) electrons. The minimum absolute atomic E-state index is 0.0322. The second-order valence-electron chi connectivity index (χ2n) is 5.73. The molecule has 1 saturated carbocycles. The molecule has 1 saturated heterocycles. The minimum atomic E-state index is -1.28. The number of carboxylic acids is 1. The first-order chi connectivity index (χ1) is 9.98. The summed E-state index contributed by atoms with van der Waals surface area (Å²) in [6.45, 7) is 0.391. The molecule has 21 heavy (non-hydrogen) atoms. The lowest BCUT2D eigenvalue weighted by Crippen LogP contribution is -2.57. The number of hydrogen-bond donors (Lipinski definition) is 2. The van der Waals surface area contributed by atoms with Gasteiger partial charge in [-0.2, -0.15) is 0 Å². The van der Waals surface area contributed by atoms with Gasteiger partial charge in [0.05, 0.1) is 12.0 Å². The van der Waals surface area contributed by atoms with Gasteiger partial charge in [0, 0.05) is 17.5 Å². The topological polar surface area (TPSA) is 75.6 Å². The van der Waals surface area contributed by atoms with Gasteiger partial charge in [0.15, 0.2) is 5.54 Å². The van der Waals surface area contributed by atoms with Gasteiger partial charge in [0.1, 0.15) is 0 Å². The number of amides is 1. The first kappa shape index (κ1) is 14.5. The number of carbonyl (C=O) groups excluding carboxylic acids is 1. The van der Waals surface area contributed by atoms with Crippen molar-refractivity contribution in [3.63, 3.8) is 0 Å². The van der Waals surface area contributed by atoms with E-state index >= 15 is 0 Å². The van der Waals surface area contributed by atoms with Crippen LogP contribution in [0.4, 0.5) is 0 Å². The second kappa shape index (κ2) is 5.10. The molecule has 0 spiro atoms. The van der Waals surface area contributed by atoms with E-state index in [0.717, 1.165) is 22.9 Å². The Hall–Kier alpha value is -1.40. The number of aliphatic carboxylic acids is 1.